The van der Waals surface area contributed by atoms with Crippen molar-refractivity contribution in [2.75, 3.05) is 12.0 Å². The van der Waals surface area contributed by atoms with Gasteiger partial charge in [-0.15, -0.1) is 0 Å². The largest absolute Gasteiger partial charge is 0.459 e. The maximum atomic E-state index is 11.0. The smallest absolute Gasteiger partial charge is 0.134 e. The third-order valence-electron chi connectivity index (χ3n) is 2.22. The van der Waals surface area contributed by atoms with Gasteiger partial charge >= 0.3 is 0 Å². The predicted octanol–water partition coefficient (Wildman–Crippen LogP) is 1.81. The summed E-state index contributed by atoms with van der Waals surface area (Å²) >= 11 is 0. The molecule has 0 radical (unpaired) electrons. The van der Waals surface area contributed by atoms with Gasteiger partial charge in [-0.05, 0) is 12.1 Å². The number of hydrogen-bond acceptors (Lipinski definition) is 3. The van der Waals surface area contributed by atoms with Crippen molar-refractivity contribution in [1.82, 2.24) is 0 Å². The summed E-state index contributed by atoms with van der Waals surface area (Å²) in [5.41, 5.74) is 6.70. The molecule has 2 rings (SSSR count). The molecule has 2 aromatic rings. The van der Waals surface area contributed by atoms with E-state index in [0.717, 1.165) is 11.0 Å². The molecule has 0 bridgehead atoms. The highest BCUT2D eigenvalue weighted by molar-refractivity contribution is 7.84. The van der Waals surface area contributed by atoms with Crippen molar-refractivity contribution in [2.45, 2.75) is 6.04 Å². The van der Waals surface area contributed by atoms with E-state index in [1.807, 2.05) is 30.3 Å². The van der Waals surface area contributed by atoms with E-state index in [1.165, 1.54) is 0 Å². The van der Waals surface area contributed by atoms with Gasteiger partial charge in [-0.1, -0.05) is 18.2 Å². The van der Waals surface area contributed by atoms with Crippen LogP contribution in [0, 0.1) is 0 Å². The highest BCUT2D eigenvalue weighted by atomic mass is 32.2. The first kappa shape index (κ1) is 10.4. The Labute approximate surface area is 90.7 Å². The van der Waals surface area contributed by atoms with E-state index < -0.39 is 10.8 Å². The fourth-order valence-corrected chi connectivity index (χ4v) is 2.19. The Morgan fingerprint density at radius 3 is 2.87 bits per heavy atom. The van der Waals surface area contributed by atoms with Crippen molar-refractivity contribution in [1.29, 1.82) is 0 Å². The average Bonchev–Trinajstić information content (AvgIpc) is 2.59. The molecule has 2 unspecified atom stereocenters. The Morgan fingerprint density at radius 2 is 2.20 bits per heavy atom. The Morgan fingerprint density at radius 1 is 1.47 bits per heavy atom. The van der Waals surface area contributed by atoms with Crippen molar-refractivity contribution < 1.29 is 8.63 Å². The molecule has 80 valence electrons. The number of fused-ring (bicyclic) bond motifs is 1. The molecule has 3 nitrogen and oxygen atoms in total. The number of benzene rings is 1. The highest BCUT2D eigenvalue weighted by Gasteiger charge is 2.12. The lowest BCUT2D eigenvalue weighted by Gasteiger charge is -2.04. The zero-order valence-electron chi connectivity index (χ0n) is 8.47. The Balaban J connectivity index is 2.32. The van der Waals surface area contributed by atoms with Gasteiger partial charge in [0.2, 0.25) is 0 Å². The second-order valence-corrected chi connectivity index (χ2v) is 5.01. The zero-order valence-corrected chi connectivity index (χ0v) is 9.29. The normalized spacial score (nSPS) is 15.3. The van der Waals surface area contributed by atoms with Crippen molar-refractivity contribution in [3.05, 3.63) is 36.1 Å². The third kappa shape index (κ3) is 2.27. The molecule has 0 aliphatic carbocycles. The quantitative estimate of drug-likeness (QED) is 0.863. The fourth-order valence-electron chi connectivity index (χ4n) is 1.52. The standard InChI is InChI=1S/C11H13NO2S/c1-15(13)7-9(12)11-6-8-4-2-3-5-10(8)14-11/h2-6,9H,7,12H2,1H3. The van der Waals surface area contributed by atoms with Gasteiger partial charge in [0.15, 0.2) is 0 Å². The van der Waals surface area contributed by atoms with Crippen LogP contribution in [0.5, 0.6) is 0 Å². The first-order chi connectivity index (χ1) is 7.16. The van der Waals surface area contributed by atoms with E-state index in [-0.39, 0.29) is 6.04 Å². The average molecular weight is 223 g/mol. The van der Waals surface area contributed by atoms with E-state index >= 15 is 0 Å². The van der Waals surface area contributed by atoms with Crippen LogP contribution in [-0.4, -0.2) is 16.2 Å². The van der Waals surface area contributed by atoms with E-state index in [2.05, 4.69) is 0 Å². The summed E-state index contributed by atoms with van der Waals surface area (Å²) in [6.45, 7) is 0. The van der Waals surface area contributed by atoms with Gasteiger partial charge in [0.1, 0.15) is 11.3 Å². The molecule has 0 saturated heterocycles. The summed E-state index contributed by atoms with van der Waals surface area (Å²) in [6, 6.07) is 9.35. The van der Waals surface area contributed by atoms with Crippen LogP contribution in [0.3, 0.4) is 0 Å². The summed E-state index contributed by atoms with van der Waals surface area (Å²) in [4.78, 5) is 0. The monoisotopic (exact) mass is 223 g/mol. The molecule has 4 heteroatoms. The van der Waals surface area contributed by atoms with E-state index in [1.54, 1.807) is 6.26 Å². The first-order valence-corrected chi connectivity index (χ1v) is 6.43. The second kappa shape index (κ2) is 4.16. The molecule has 2 N–H and O–H groups in total. The molecule has 0 aliphatic rings. The number of hydrogen-bond donors (Lipinski definition) is 1. The van der Waals surface area contributed by atoms with Crippen LogP contribution in [0.25, 0.3) is 11.0 Å². The van der Waals surface area contributed by atoms with Crippen LogP contribution < -0.4 is 5.73 Å². The Hall–Kier alpha value is -1.13. The molecule has 0 saturated carbocycles. The van der Waals surface area contributed by atoms with Gasteiger partial charge in [-0.3, -0.25) is 4.21 Å². The van der Waals surface area contributed by atoms with Crippen LogP contribution in [0.1, 0.15) is 11.8 Å². The molecule has 0 fully saturated rings. The lowest BCUT2D eigenvalue weighted by Crippen LogP contribution is -2.16. The van der Waals surface area contributed by atoms with Gasteiger partial charge in [0.05, 0.1) is 6.04 Å². The molecule has 15 heavy (non-hydrogen) atoms. The summed E-state index contributed by atoms with van der Waals surface area (Å²) in [5.74, 6) is 1.13. The predicted molar refractivity (Wildman–Crippen MR) is 62.1 cm³/mol. The third-order valence-corrected chi connectivity index (χ3v) is 3.05. The summed E-state index contributed by atoms with van der Waals surface area (Å²) in [5, 5.41) is 1.03. The Bertz CT molecular complexity index is 459. The van der Waals surface area contributed by atoms with E-state index in [4.69, 9.17) is 10.2 Å². The van der Waals surface area contributed by atoms with Gasteiger partial charge < -0.3 is 10.2 Å². The van der Waals surface area contributed by atoms with Crippen LogP contribution in [0.4, 0.5) is 0 Å². The van der Waals surface area contributed by atoms with Gasteiger partial charge in [-0.2, -0.15) is 0 Å². The lowest BCUT2D eigenvalue weighted by atomic mass is 10.2. The SMILES string of the molecule is CS(=O)CC(N)c1cc2ccccc2o1. The molecule has 0 aliphatic heterocycles. The minimum atomic E-state index is -0.903. The highest BCUT2D eigenvalue weighted by Crippen LogP contribution is 2.22. The first-order valence-electron chi connectivity index (χ1n) is 4.71. The topological polar surface area (TPSA) is 56.2 Å². The van der Waals surface area contributed by atoms with Crippen LogP contribution in [0.2, 0.25) is 0 Å². The van der Waals surface area contributed by atoms with E-state index in [9.17, 15) is 4.21 Å². The molecular formula is C11H13NO2S. The maximum absolute atomic E-state index is 11.0. The Kier molecular flexibility index (Phi) is 2.88. The number of rotatable bonds is 3. The summed E-state index contributed by atoms with van der Waals surface area (Å²) in [6.07, 6.45) is 1.64. The van der Waals surface area contributed by atoms with Crippen molar-refractivity contribution in [2.24, 2.45) is 5.73 Å². The van der Waals surface area contributed by atoms with Crippen LogP contribution >= 0.6 is 0 Å². The fraction of sp³-hybridized carbons (Fsp3) is 0.273. The summed E-state index contributed by atoms with van der Waals surface area (Å²) in [7, 11) is -0.903. The number of nitrogens with two attached hydrogens (primary N) is 1. The number of para-hydroxylation sites is 1. The second-order valence-electron chi connectivity index (χ2n) is 3.53. The van der Waals surface area contributed by atoms with Crippen molar-refractivity contribution in [3.63, 3.8) is 0 Å². The molecule has 1 aromatic carbocycles. The maximum Gasteiger partial charge on any atom is 0.134 e. The number of furan rings is 1. The molecular weight excluding hydrogens is 210 g/mol. The van der Waals surface area contributed by atoms with Gasteiger partial charge in [0, 0.05) is 28.2 Å². The van der Waals surface area contributed by atoms with Crippen LogP contribution in [-0.2, 0) is 10.8 Å². The zero-order chi connectivity index (χ0) is 10.8. The van der Waals surface area contributed by atoms with Crippen LogP contribution in [0.15, 0.2) is 34.7 Å². The molecule has 0 spiro atoms. The minimum absolute atomic E-state index is 0.289. The van der Waals surface area contributed by atoms with Crippen molar-refractivity contribution in [3.8, 4) is 0 Å². The molecule has 1 aromatic heterocycles. The minimum Gasteiger partial charge on any atom is -0.459 e. The van der Waals surface area contributed by atoms with Gasteiger partial charge in [0.25, 0.3) is 0 Å². The van der Waals surface area contributed by atoms with E-state index in [0.29, 0.717) is 11.5 Å². The molecule has 2 atom stereocenters. The van der Waals surface area contributed by atoms with Gasteiger partial charge in [-0.25, -0.2) is 0 Å². The molecule has 1 heterocycles. The summed E-state index contributed by atoms with van der Waals surface area (Å²) < 4.78 is 16.6. The lowest BCUT2D eigenvalue weighted by molar-refractivity contribution is 0.514. The van der Waals surface area contributed by atoms with Crippen molar-refractivity contribution >= 4 is 21.8 Å². The molecule has 0 amide bonds.